The average molecular weight is 583 g/mol. The van der Waals surface area contributed by atoms with Crippen molar-refractivity contribution in [2.45, 2.75) is 75.9 Å². The molecule has 0 spiro atoms. The molecule has 1 aliphatic carbocycles. The Bertz CT molecular complexity index is 1650. The maximum Gasteiger partial charge on any atom is 0.408 e. The third-order valence-corrected chi connectivity index (χ3v) is 7.99. The van der Waals surface area contributed by atoms with Crippen molar-refractivity contribution in [3.63, 3.8) is 0 Å². The summed E-state index contributed by atoms with van der Waals surface area (Å²) in [5, 5.41) is 25.2. The number of carboxylic acid groups (broad SMARTS) is 1. The molecule has 0 radical (unpaired) electrons. The van der Waals surface area contributed by atoms with Crippen LogP contribution in [0, 0.1) is 11.8 Å². The van der Waals surface area contributed by atoms with E-state index in [0.717, 1.165) is 30.7 Å². The molecule has 3 atom stereocenters. The predicted octanol–water partition coefficient (Wildman–Crippen LogP) is 3.98. The zero-order valence-corrected chi connectivity index (χ0v) is 23.9. The number of sulfonamides is 1. The van der Waals surface area contributed by atoms with E-state index >= 15 is 0 Å². The second-order valence-corrected chi connectivity index (χ2v) is 12.6. The second-order valence-electron chi connectivity index (χ2n) is 10.7. The van der Waals surface area contributed by atoms with Crippen LogP contribution in [0.15, 0.2) is 65.5 Å². The van der Waals surface area contributed by atoms with Crippen molar-refractivity contribution < 1.29 is 40.6 Å². The molecule has 2 aromatic rings. The van der Waals surface area contributed by atoms with Gasteiger partial charge in [0.2, 0.25) is 15.9 Å². The second kappa shape index (κ2) is 13.6. The van der Waals surface area contributed by atoms with Gasteiger partial charge >= 0.3 is 6.09 Å². The SMILES string of the molecule is [2H]c1ccc(C([2H])([2H])[C@]([2H])(N(C(=O)O)C(C)(C)C)[C@]([2H])(O)C([2H])([2H])N(CC(C)CNC(=O)C2CCC2)S(=O)(=O)c2ccccc2)c([2H])c1[2H]. The summed E-state index contributed by atoms with van der Waals surface area (Å²) < 4.78 is 108. The summed E-state index contributed by atoms with van der Waals surface area (Å²) in [5.74, 6) is -1.39. The number of aliphatic hydroxyl groups is 1. The summed E-state index contributed by atoms with van der Waals surface area (Å²) in [5.41, 5.74) is -2.79. The van der Waals surface area contributed by atoms with Gasteiger partial charge in [0.25, 0.3) is 0 Å². The Morgan fingerprint density at radius 1 is 1.18 bits per heavy atom. The molecule has 40 heavy (non-hydrogen) atoms. The van der Waals surface area contributed by atoms with Gasteiger partial charge < -0.3 is 15.5 Å². The lowest BCUT2D eigenvalue weighted by atomic mass is 9.85. The lowest BCUT2D eigenvalue weighted by Crippen LogP contribution is -2.58. The molecule has 0 aliphatic heterocycles. The molecule has 3 N–H and O–H groups in total. The van der Waals surface area contributed by atoms with Crippen molar-refractivity contribution in [2.75, 3.05) is 19.6 Å². The quantitative estimate of drug-likeness (QED) is 0.328. The normalized spacial score (nSPS) is 22.1. The molecule has 3 rings (SSSR count). The van der Waals surface area contributed by atoms with E-state index in [1.165, 1.54) is 45.9 Å². The van der Waals surface area contributed by atoms with Gasteiger partial charge in [0.05, 0.1) is 23.8 Å². The van der Waals surface area contributed by atoms with Crippen molar-refractivity contribution in [3.05, 3.63) is 66.2 Å². The summed E-state index contributed by atoms with van der Waals surface area (Å²) in [6, 6.07) is 1.69. The van der Waals surface area contributed by atoms with Gasteiger partial charge in [-0.1, -0.05) is 61.8 Å². The molecular formula is C30H43N3O6S. The minimum atomic E-state index is -5.06. The van der Waals surface area contributed by atoms with Crippen LogP contribution in [-0.4, -0.2) is 77.1 Å². The van der Waals surface area contributed by atoms with Crippen LogP contribution in [0.25, 0.3) is 0 Å². The number of benzene rings is 2. The van der Waals surface area contributed by atoms with Gasteiger partial charge in [0.1, 0.15) is 0 Å². The first-order valence-electron chi connectivity index (χ1n) is 17.5. The standard InChI is InChI=1S/C30H43N3O6S/c1-22(19-31-28(35)24-14-11-15-24)20-32(40(38,39)25-16-9-6-10-17-25)21-27(34)26(18-23-12-7-5-8-13-23)33(29(36)37)30(2,3)4/h5-10,12-13,16-17,22,24,26-27,34H,11,14-15,18-21H2,1-4H3,(H,31,35)(H,36,37)/t22?,26-,27+/m0/s1/i5D,7D,12D,18D2,21D2,26D,27D. The topological polar surface area (TPSA) is 127 Å². The molecule has 0 heterocycles. The summed E-state index contributed by atoms with van der Waals surface area (Å²) in [6.45, 7) is 0.0119. The first-order chi connectivity index (χ1) is 22.3. The molecule has 0 saturated heterocycles. The summed E-state index contributed by atoms with van der Waals surface area (Å²) in [6.07, 6.45) is -7.92. The van der Waals surface area contributed by atoms with E-state index in [9.17, 15) is 29.6 Å². The molecule has 2 aromatic carbocycles. The fourth-order valence-electron chi connectivity index (χ4n) is 3.98. The average Bonchev–Trinajstić information content (AvgIpc) is 2.95. The maximum absolute atomic E-state index is 14.2. The van der Waals surface area contributed by atoms with Gasteiger partial charge in [-0.2, -0.15) is 4.31 Å². The molecule has 2 amide bonds. The number of nitrogens with one attached hydrogen (secondary N) is 1. The monoisotopic (exact) mass is 582 g/mol. The van der Waals surface area contributed by atoms with E-state index in [1.54, 1.807) is 0 Å². The lowest BCUT2D eigenvalue weighted by molar-refractivity contribution is -0.127. The Labute approximate surface area is 250 Å². The van der Waals surface area contributed by atoms with Crippen molar-refractivity contribution in [1.82, 2.24) is 14.5 Å². The molecule has 10 heteroatoms. The van der Waals surface area contributed by atoms with E-state index in [-0.39, 0.29) is 27.6 Å². The summed E-state index contributed by atoms with van der Waals surface area (Å²) >= 11 is 0. The minimum absolute atomic E-state index is 0.0158. The van der Waals surface area contributed by atoms with Crippen LogP contribution in [0.2, 0.25) is 0 Å². The van der Waals surface area contributed by atoms with E-state index in [4.69, 9.17) is 11.0 Å². The molecule has 220 valence electrons. The fourth-order valence-corrected chi connectivity index (χ4v) is 5.40. The highest BCUT2D eigenvalue weighted by Gasteiger charge is 2.39. The molecule has 1 fully saturated rings. The first-order valence-corrected chi connectivity index (χ1v) is 14.4. The van der Waals surface area contributed by atoms with Crippen molar-refractivity contribution in [1.29, 1.82) is 0 Å². The number of carbonyl (C=O) groups is 2. The van der Waals surface area contributed by atoms with E-state index in [1.807, 2.05) is 0 Å². The van der Waals surface area contributed by atoms with Gasteiger partial charge in [-0.3, -0.25) is 9.69 Å². The highest BCUT2D eigenvalue weighted by atomic mass is 32.2. The minimum Gasteiger partial charge on any atom is -0.465 e. The number of amides is 2. The van der Waals surface area contributed by atoms with Crippen LogP contribution in [0.3, 0.4) is 0 Å². The van der Waals surface area contributed by atoms with Crippen LogP contribution in [0.5, 0.6) is 0 Å². The Kier molecular flexibility index (Phi) is 7.09. The molecular weight excluding hydrogens is 530 g/mol. The molecule has 1 aliphatic rings. The zero-order chi connectivity index (χ0) is 37.5. The van der Waals surface area contributed by atoms with Gasteiger partial charge in [-0.05, 0) is 63.6 Å². The van der Waals surface area contributed by atoms with Gasteiger partial charge in [0, 0.05) is 36.5 Å². The van der Waals surface area contributed by atoms with Crippen molar-refractivity contribution in [3.8, 4) is 0 Å². The predicted molar refractivity (Wildman–Crippen MR) is 154 cm³/mol. The fraction of sp³-hybridized carbons (Fsp3) is 0.533. The van der Waals surface area contributed by atoms with Gasteiger partial charge in [0.15, 0.2) is 0 Å². The lowest BCUT2D eigenvalue weighted by Gasteiger charge is -2.42. The first kappa shape index (κ1) is 20.9. The number of hydrogen-bond donors (Lipinski definition) is 3. The van der Waals surface area contributed by atoms with E-state index < -0.39 is 87.7 Å². The molecule has 9 nitrogen and oxygen atoms in total. The maximum atomic E-state index is 14.2. The number of carbonyl (C=O) groups excluding carboxylic acids is 1. The van der Waals surface area contributed by atoms with Crippen LogP contribution in [0.4, 0.5) is 4.79 Å². The largest absolute Gasteiger partial charge is 0.465 e. The van der Waals surface area contributed by atoms with Crippen LogP contribution in [-0.2, 0) is 21.2 Å². The van der Waals surface area contributed by atoms with Crippen LogP contribution >= 0.6 is 0 Å². The third kappa shape index (κ3) is 8.28. The van der Waals surface area contributed by atoms with Gasteiger partial charge in [-0.25, -0.2) is 13.2 Å². The number of hydrogen-bond acceptors (Lipinski definition) is 5. The Hall–Kier alpha value is -2.95. The van der Waals surface area contributed by atoms with Crippen molar-refractivity contribution in [2.24, 2.45) is 11.8 Å². The number of rotatable bonds is 13. The molecule has 0 bridgehead atoms. The Balaban J connectivity index is 2.32. The van der Waals surface area contributed by atoms with Crippen molar-refractivity contribution >= 4 is 22.0 Å². The van der Waals surface area contributed by atoms with E-state index in [0.29, 0.717) is 12.8 Å². The van der Waals surface area contributed by atoms with Crippen LogP contribution < -0.4 is 5.32 Å². The smallest absolute Gasteiger partial charge is 0.408 e. The summed E-state index contributed by atoms with van der Waals surface area (Å²) in [4.78, 5) is 24.9. The van der Waals surface area contributed by atoms with E-state index in [2.05, 4.69) is 5.32 Å². The molecule has 1 unspecified atom stereocenters. The Morgan fingerprint density at radius 2 is 1.85 bits per heavy atom. The highest BCUT2D eigenvalue weighted by Crippen LogP contribution is 2.27. The zero-order valence-electron chi connectivity index (χ0n) is 32.1. The van der Waals surface area contributed by atoms with Gasteiger partial charge in [-0.15, -0.1) is 0 Å². The summed E-state index contributed by atoms with van der Waals surface area (Å²) in [7, 11) is -5.06. The molecule has 1 saturated carbocycles. The third-order valence-electron chi connectivity index (χ3n) is 6.31. The highest BCUT2D eigenvalue weighted by molar-refractivity contribution is 7.89. The number of nitrogens with zero attached hydrogens (tertiary/aromatic N) is 2. The Morgan fingerprint density at radius 3 is 2.42 bits per heavy atom. The molecule has 0 aromatic heterocycles. The van der Waals surface area contributed by atoms with Crippen LogP contribution in [0.1, 0.15) is 64.9 Å².